The summed E-state index contributed by atoms with van der Waals surface area (Å²) in [5, 5.41) is 12.0. The minimum Gasteiger partial charge on any atom is -0.478 e. The summed E-state index contributed by atoms with van der Waals surface area (Å²) in [7, 11) is 0. The lowest BCUT2D eigenvalue weighted by molar-refractivity contribution is 0.0695. The minimum atomic E-state index is -0.986. The number of aromatic carboxylic acids is 1. The van der Waals surface area contributed by atoms with Gasteiger partial charge in [0.05, 0.1) is 25.0 Å². The Morgan fingerprint density at radius 2 is 2.30 bits per heavy atom. The molecule has 2 rings (SSSR count). The van der Waals surface area contributed by atoms with Crippen LogP contribution < -0.4 is 10.1 Å². The van der Waals surface area contributed by atoms with Gasteiger partial charge < -0.3 is 19.6 Å². The third-order valence-electron chi connectivity index (χ3n) is 2.69. The van der Waals surface area contributed by atoms with Crippen molar-refractivity contribution in [3.63, 3.8) is 0 Å². The van der Waals surface area contributed by atoms with Crippen molar-refractivity contribution in [3.8, 4) is 5.88 Å². The molecule has 0 atom stereocenters. The molecule has 0 aliphatic carbocycles. The molecule has 6 nitrogen and oxygen atoms in total. The molecule has 6 heteroatoms. The monoisotopic (exact) mass is 276 g/mol. The number of aromatic nitrogens is 1. The number of rotatable bonds is 6. The molecular formula is C14H16N2O4. The maximum Gasteiger partial charge on any atom is 0.339 e. The lowest BCUT2D eigenvalue weighted by Gasteiger charge is -2.05. The summed E-state index contributed by atoms with van der Waals surface area (Å²) in [6.07, 6.45) is 1.65. The van der Waals surface area contributed by atoms with Crippen molar-refractivity contribution in [1.82, 2.24) is 4.98 Å². The van der Waals surface area contributed by atoms with Crippen molar-refractivity contribution in [1.29, 1.82) is 0 Å². The molecule has 2 aromatic rings. The zero-order valence-corrected chi connectivity index (χ0v) is 11.3. The van der Waals surface area contributed by atoms with E-state index in [-0.39, 0.29) is 5.56 Å². The number of carboxylic acid groups (broad SMARTS) is 1. The number of carbonyl (C=O) groups is 1. The Morgan fingerprint density at radius 3 is 2.85 bits per heavy atom. The molecule has 0 bridgehead atoms. The molecule has 0 aliphatic heterocycles. The topological polar surface area (TPSA) is 84.6 Å². The van der Waals surface area contributed by atoms with E-state index in [9.17, 15) is 4.79 Å². The number of hydrogen-bond donors (Lipinski definition) is 2. The molecule has 0 aromatic carbocycles. The van der Waals surface area contributed by atoms with E-state index in [0.29, 0.717) is 30.6 Å². The summed E-state index contributed by atoms with van der Waals surface area (Å²) in [4.78, 5) is 15.0. The average molecular weight is 276 g/mol. The van der Waals surface area contributed by atoms with E-state index in [1.807, 2.05) is 13.0 Å². The van der Waals surface area contributed by atoms with Crippen molar-refractivity contribution in [3.05, 3.63) is 41.5 Å². The Labute approximate surface area is 116 Å². The van der Waals surface area contributed by atoms with Gasteiger partial charge in [-0.15, -0.1) is 0 Å². The quantitative estimate of drug-likeness (QED) is 0.843. The number of aryl methyl sites for hydroxylation is 1. The molecule has 106 valence electrons. The molecule has 2 N–H and O–H groups in total. The van der Waals surface area contributed by atoms with Crippen LogP contribution in [0.1, 0.15) is 28.8 Å². The first kappa shape index (κ1) is 13.9. The fourth-order valence-electron chi connectivity index (χ4n) is 1.75. The van der Waals surface area contributed by atoms with E-state index in [4.69, 9.17) is 14.3 Å². The maximum absolute atomic E-state index is 10.9. The number of nitrogens with one attached hydrogen (secondary N) is 1. The molecule has 2 aromatic heterocycles. The van der Waals surface area contributed by atoms with Gasteiger partial charge in [-0.05, 0) is 26.0 Å². The van der Waals surface area contributed by atoms with Crippen LogP contribution in [-0.4, -0.2) is 22.7 Å². The van der Waals surface area contributed by atoms with Crippen molar-refractivity contribution in [2.75, 3.05) is 11.9 Å². The van der Waals surface area contributed by atoms with Gasteiger partial charge in [-0.3, -0.25) is 0 Å². The van der Waals surface area contributed by atoms with Crippen LogP contribution in [0.25, 0.3) is 0 Å². The number of hydrogen-bond acceptors (Lipinski definition) is 5. The first-order valence-corrected chi connectivity index (χ1v) is 6.25. The van der Waals surface area contributed by atoms with Crippen LogP contribution in [0.3, 0.4) is 0 Å². The largest absolute Gasteiger partial charge is 0.478 e. The first-order valence-electron chi connectivity index (χ1n) is 6.25. The Balaban J connectivity index is 1.98. The second kappa shape index (κ2) is 6.10. The zero-order chi connectivity index (χ0) is 14.5. The van der Waals surface area contributed by atoms with E-state index >= 15 is 0 Å². The highest BCUT2D eigenvalue weighted by Gasteiger charge is 2.13. The van der Waals surface area contributed by atoms with E-state index in [2.05, 4.69) is 10.3 Å². The number of nitrogens with zero attached hydrogens (tertiary/aromatic N) is 1. The van der Waals surface area contributed by atoms with E-state index in [0.717, 1.165) is 5.69 Å². The highest BCUT2D eigenvalue weighted by Crippen LogP contribution is 2.17. The molecule has 0 fully saturated rings. The Morgan fingerprint density at radius 1 is 1.50 bits per heavy atom. The molecule has 0 aliphatic rings. The Bertz CT molecular complexity index is 590. The van der Waals surface area contributed by atoms with Gasteiger partial charge in [0.25, 0.3) is 0 Å². The normalized spacial score (nSPS) is 10.3. The molecule has 0 saturated heterocycles. The first-order chi connectivity index (χ1) is 9.60. The van der Waals surface area contributed by atoms with Gasteiger partial charge >= 0.3 is 5.97 Å². The number of anilines is 1. The number of furan rings is 1. The van der Waals surface area contributed by atoms with Crippen LogP contribution in [0.5, 0.6) is 5.88 Å². The maximum atomic E-state index is 10.9. The summed E-state index contributed by atoms with van der Waals surface area (Å²) in [5.74, 6) is 0.549. The molecular weight excluding hydrogens is 260 g/mol. The standard InChI is InChI=1S/C14H16N2O4/c1-3-19-13-5-4-10(7-16-13)15-8-11-6-12(14(17)18)9(2)20-11/h4-7,15H,3,8H2,1-2H3,(H,17,18). The SMILES string of the molecule is CCOc1ccc(NCc2cc(C(=O)O)c(C)o2)cn1. The summed E-state index contributed by atoms with van der Waals surface area (Å²) in [6.45, 7) is 4.49. The Kier molecular flexibility index (Phi) is 4.24. The summed E-state index contributed by atoms with van der Waals surface area (Å²) in [6, 6.07) is 5.13. The van der Waals surface area contributed by atoms with Gasteiger partial charge in [0.15, 0.2) is 0 Å². The fraction of sp³-hybridized carbons (Fsp3) is 0.286. The van der Waals surface area contributed by atoms with Crippen LogP contribution >= 0.6 is 0 Å². The van der Waals surface area contributed by atoms with Gasteiger partial charge in [-0.1, -0.05) is 0 Å². The second-order valence-corrected chi connectivity index (χ2v) is 4.16. The predicted octanol–water partition coefficient (Wildman–Crippen LogP) is 2.69. The zero-order valence-electron chi connectivity index (χ0n) is 11.3. The van der Waals surface area contributed by atoms with Crippen molar-refractivity contribution >= 4 is 11.7 Å². The molecule has 0 saturated carbocycles. The smallest absolute Gasteiger partial charge is 0.339 e. The fourth-order valence-corrected chi connectivity index (χ4v) is 1.75. The molecule has 0 amide bonds. The van der Waals surface area contributed by atoms with Crippen molar-refractivity contribution < 1.29 is 19.1 Å². The van der Waals surface area contributed by atoms with Crippen LogP contribution in [0, 0.1) is 6.92 Å². The average Bonchev–Trinajstić information content (AvgIpc) is 2.80. The molecule has 2 heterocycles. The summed E-state index contributed by atoms with van der Waals surface area (Å²) >= 11 is 0. The molecule has 0 unspecified atom stereocenters. The van der Waals surface area contributed by atoms with Gasteiger partial charge in [0, 0.05) is 6.07 Å². The van der Waals surface area contributed by atoms with Gasteiger partial charge in [0.1, 0.15) is 17.1 Å². The highest BCUT2D eigenvalue weighted by molar-refractivity contribution is 5.88. The highest BCUT2D eigenvalue weighted by atomic mass is 16.5. The van der Waals surface area contributed by atoms with E-state index < -0.39 is 5.97 Å². The lowest BCUT2D eigenvalue weighted by atomic mass is 10.2. The van der Waals surface area contributed by atoms with Gasteiger partial charge in [-0.2, -0.15) is 0 Å². The summed E-state index contributed by atoms with van der Waals surface area (Å²) < 4.78 is 10.6. The lowest BCUT2D eigenvalue weighted by Crippen LogP contribution is -2.00. The second-order valence-electron chi connectivity index (χ2n) is 4.16. The minimum absolute atomic E-state index is 0.187. The van der Waals surface area contributed by atoms with Gasteiger partial charge in [0.2, 0.25) is 5.88 Å². The summed E-state index contributed by atoms with van der Waals surface area (Å²) in [5.41, 5.74) is 0.992. The van der Waals surface area contributed by atoms with E-state index in [1.54, 1.807) is 19.2 Å². The number of ether oxygens (including phenoxy) is 1. The third-order valence-corrected chi connectivity index (χ3v) is 2.69. The van der Waals surface area contributed by atoms with Crippen LogP contribution in [0.4, 0.5) is 5.69 Å². The van der Waals surface area contributed by atoms with Gasteiger partial charge in [-0.25, -0.2) is 9.78 Å². The van der Waals surface area contributed by atoms with Crippen LogP contribution in [0.2, 0.25) is 0 Å². The van der Waals surface area contributed by atoms with Crippen LogP contribution in [-0.2, 0) is 6.54 Å². The van der Waals surface area contributed by atoms with Crippen molar-refractivity contribution in [2.45, 2.75) is 20.4 Å². The molecule has 0 spiro atoms. The molecule has 20 heavy (non-hydrogen) atoms. The van der Waals surface area contributed by atoms with Crippen LogP contribution in [0.15, 0.2) is 28.8 Å². The third kappa shape index (κ3) is 3.28. The number of pyridine rings is 1. The Hall–Kier alpha value is -2.50. The molecule has 0 radical (unpaired) electrons. The number of carboxylic acids is 1. The van der Waals surface area contributed by atoms with Crippen molar-refractivity contribution in [2.24, 2.45) is 0 Å². The van der Waals surface area contributed by atoms with E-state index in [1.165, 1.54) is 6.07 Å². The predicted molar refractivity (Wildman–Crippen MR) is 73.1 cm³/mol.